The first-order valence-electron chi connectivity index (χ1n) is 6.30. The van der Waals surface area contributed by atoms with Crippen LogP contribution in [0.4, 0.5) is 4.79 Å². The molecule has 1 N–H and O–H groups in total. The van der Waals surface area contributed by atoms with Gasteiger partial charge in [-0.1, -0.05) is 12.2 Å². The number of carbonyl (C=O) groups is 3. The molecule has 6 heteroatoms. The summed E-state index contributed by atoms with van der Waals surface area (Å²) in [7, 11) is 0. The van der Waals surface area contributed by atoms with Gasteiger partial charge in [-0.15, -0.1) is 0 Å². The Labute approximate surface area is 111 Å². The van der Waals surface area contributed by atoms with Gasteiger partial charge in [0.15, 0.2) is 0 Å². The second kappa shape index (κ2) is 4.68. The fourth-order valence-corrected chi connectivity index (χ4v) is 2.08. The SMILES string of the molecule is CC(C)(C)OC(=O)NCCN1C(=O)C2C=CC2C1=O. The zero-order valence-electron chi connectivity index (χ0n) is 11.3. The number of rotatable bonds is 3. The first-order chi connectivity index (χ1) is 8.79. The van der Waals surface area contributed by atoms with Gasteiger partial charge in [0.1, 0.15) is 5.60 Å². The maximum absolute atomic E-state index is 11.8. The van der Waals surface area contributed by atoms with Crippen molar-refractivity contribution in [2.45, 2.75) is 26.4 Å². The smallest absolute Gasteiger partial charge is 0.407 e. The summed E-state index contributed by atoms with van der Waals surface area (Å²) < 4.78 is 5.06. The third-order valence-electron chi connectivity index (χ3n) is 3.02. The Kier molecular flexibility index (Phi) is 3.34. The lowest BCUT2D eigenvalue weighted by molar-refractivity contribution is -0.139. The van der Waals surface area contributed by atoms with Crippen molar-refractivity contribution in [2.24, 2.45) is 11.8 Å². The van der Waals surface area contributed by atoms with E-state index >= 15 is 0 Å². The summed E-state index contributed by atoms with van der Waals surface area (Å²) in [5.41, 5.74) is -0.563. The summed E-state index contributed by atoms with van der Waals surface area (Å²) in [5, 5.41) is 2.53. The van der Waals surface area contributed by atoms with E-state index in [1.165, 1.54) is 4.90 Å². The molecule has 2 unspecified atom stereocenters. The molecule has 104 valence electrons. The average Bonchev–Trinajstić information content (AvgIpc) is 2.33. The van der Waals surface area contributed by atoms with Gasteiger partial charge in [-0.05, 0) is 20.8 Å². The number of amides is 3. The number of alkyl carbamates (subject to hydrolysis) is 1. The molecule has 2 aliphatic rings. The molecule has 0 aromatic carbocycles. The van der Waals surface area contributed by atoms with E-state index in [2.05, 4.69) is 5.32 Å². The van der Waals surface area contributed by atoms with Crippen molar-refractivity contribution in [3.8, 4) is 0 Å². The molecule has 1 aliphatic heterocycles. The molecule has 0 bridgehead atoms. The Bertz CT molecular complexity index is 426. The standard InChI is InChI=1S/C13H18N2O4/c1-13(2,3)19-12(18)14-6-7-15-10(16)8-4-5-9(8)11(15)17/h4-5,8-9H,6-7H2,1-3H3,(H,14,18). The lowest BCUT2D eigenvalue weighted by Gasteiger charge is -2.20. The quantitative estimate of drug-likeness (QED) is 0.602. The fourth-order valence-electron chi connectivity index (χ4n) is 2.08. The summed E-state index contributed by atoms with van der Waals surface area (Å²) >= 11 is 0. The number of ether oxygens (including phenoxy) is 1. The van der Waals surface area contributed by atoms with Crippen molar-refractivity contribution >= 4 is 17.9 Å². The zero-order chi connectivity index (χ0) is 14.2. The van der Waals surface area contributed by atoms with Gasteiger partial charge < -0.3 is 10.1 Å². The first-order valence-corrected chi connectivity index (χ1v) is 6.30. The number of nitrogens with one attached hydrogen (secondary N) is 1. The normalized spacial score (nSPS) is 25.1. The highest BCUT2D eigenvalue weighted by molar-refractivity contribution is 6.08. The maximum Gasteiger partial charge on any atom is 0.407 e. The molecule has 1 aliphatic carbocycles. The van der Waals surface area contributed by atoms with E-state index in [1.54, 1.807) is 32.9 Å². The van der Waals surface area contributed by atoms with E-state index in [0.717, 1.165) is 0 Å². The second-order valence-corrected chi connectivity index (χ2v) is 5.69. The molecular formula is C13H18N2O4. The minimum Gasteiger partial charge on any atom is -0.444 e. The molecule has 2 rings (SSSR count). The minimum atomic E-state index is -0.563. The van der Waals surface area contributed by atoms with Gasteiger partial charge >= 0.3 is 6.09 Å². The number of fused-ring (bicyclic) bond motifs is 1. The summed E-state index contributed by atoms with van der Waals surface area (Å²) in [6.45, 7) is 5.69. The number of nitrogens with zero attached hydrogens (tertiary/aromatic N) is 1. The Morgan fingerprint density at radius 1 is 1.26 bits per heavy atom. The zero-order valence-corrected chi connectivity index (χ0v) is 11.3. The Hall–Kier alpha value is -1.85. The van der Waals surface area contributed by atoms with Crippen LogP contribution >= 0.6 is 0 Å². The number of imide groups is 1. The molecule has 19 heavy (non-hydrogen) atoms. The molecule has 3 amide bonds. The average molecular weight is 266 g/mol. The van der Waals surface area contributed by atoms with E-state index in [9.17, 15) is 14.4 Å². The Balaban J connectivity index is 1.76. The number of carbonyl (C=O) groups excluding carboxylic acids is 3. The van der Waals surface area contributed by atoms with Gasteiger partial charge in [-0.25, -0.2) is 4.79 Å². The van der Waals surface area contributed by atoms with E-state index in [4.69, 9.17) is 4.74 Å². The van der Waals surface area contributed by atoms with E-state index < -0.39 is 11.7 Å². The van der Waals surface area contributed by atoms with Gasteiger partial charge in [-0.2, -0.15) is 0 Å². The highest BCUT2D eigenvalue weighted by Crippen LogP contribution is 2.35. The molecule has 0 spiro atoms. The molecule has 1 saturated heterocycles. The molecule has 0 saturated carbocycles. The van der Waals surface area contributed by atoms with Crippen LogP contribution in [0, 0.1) is 11.8 Å². The molecule has 0 aromatic heterocycles. The van der Waals surface area contributed by atoms with E-state index in [-0.39, 0.29) is 36.7 Å². The van der Waals surface area contributed by atoms with Crippen molar-refractivity contribution in [1.29, 1.82) is 0 Å². The van der Waals surface area contributed by atoms with Crippen molar-refractivity contribution in [2.75, 3.05) is 13.1 Å². The molecule has 0 radical (unpaired) electrons. The summed E-state index contributed by atoms with van der Waals surface area (Å²) in [6, 6.07) is 0. The van der Waals surface area contributed by atoms with Gasteiger partial charge in [0.25, 0.3) is 0 Å². The number of likely N-dealkylation sites (tertiary alicyclic amines) is 1. The topological polar surface area (TPSA) is 75.7 Å². The highest BCUT2D eigenvalue weighted by atomic mass is 16.6. The van der Waals surface area contributed by atoms with Crippen molar-refractivity contribution in [1.82, 2.24) is 10.2 Å². The van der Waals surface area contributed by atoms with Crippen LogP contribution in [0.1, 0.15) is 20.8 Å². The number of hydrogen-bond donors (Lipinski definition) is 1. The minimum absolute atomic E-state index is 0.177. The van der Waals surface area contributed by atoms with Gasteiger partial charge in [0.2, 0.25) is 11.8 Å². The van der Waals surface area contributed by atoms with Gasteiger partial charge in [0.05, 0.1) is 11.8 Å². The van der Waals surface area contributed by atoms with Crippen LogP contribution in [0.15, 0.2) is 12.2 Å². The van der Waals surface area contributed by atoms with E-state index in [0.29, 0.717) is 0 Å². The third kappa shape index (κ3) is 2.77. The highest BCUT2D eigenvalue weighted by Gasteiger charge is 2.48. The first kappa shape index (κ1) is 13.6. The predicted octanol–water partition coefficient (Wildman–Crippen LogP) is 0.682. The van der Waals surface area contributed by atoms with Crippen molar-refractivity contribution in [3.63, 3.8) is 0 Å². The summed E-state index contributed by atoms with van der Waals surface area (Å²) in [6.07, 6.45) is 2.94. The summed E-state index contributed by atoms with van der Waals surface area (Å²) in [4.78, 5) is 36.2. The van der Waals surface area contributed by atoms with Crippen LogP contribution in [0.5, 0.6) is 0 Å². The molecule has 1 heterocycles. The van der Waals surface area contributed by atoms with Crippen LogP contribution in [0.25, 0.3) is 0 Å². The molecule has 0 aromatic rings. The monoisotopic (exact) mass is 266 g/mol. The van der Waals surface area contributed by atoms with Crippen LogP contribution in [0.2, 0.25) is 0 Å². The molecule has 6 nitrogen and oxygen atoms in total. The van der Waals surface area contributed by atoms with Crippen LogP contribution in [-0.4, -0.2) is 41.5 Å². The maximum atomic E-state index is 11.8. The lowest BCUT2D eigenvalue weighted by Crippen LogP contribution is -2.40. The predicted molar refractivity (Wildman–Crippen MR) is 67.1 cm³/mol. The van der Waals surface area contributed by atoms with Crippen LogP contribution in [0.3, 0.4) is 0 Å². The Morgan fingerprint density at radius 3 is 2.21 bits per heavy atom. The molecule has 1 fully saturated rings. The third-order valence-corrected chi connectivity index (χ3v) is 3.02. The lowest BCUT2D eigenvalue weighted by atomic mass is 9.85. The van der Waals surface area contributed by atoms with Gasteiger partial charge in [-0.3, -0.25) is 14.5 Å². The van der Waals surface area contributed by atoms with E-state index in [1.807, 2.05) is 0 Å². The van der Waals surface area contributed by atoms with Crippen LogP contribution < -0.4 is 5.32 Å². The van der Waals surface area contributed by atoms with Crippen molar-refractivity contribution < 1.29 is 19.1 Å². The second-order valence-electron chi connectivity index (χ2n) is 5.69. The van der Waals surface area contributed by atoms with Crippen LogP contribution in [-0.2, 0) is 14.3 Å². The molecular weight excluding hydrogens is 248 g/mol. The molecule has 2 atom stereocenters. The Morgan fingerprint density at radius 2 is 1.79 bits per heavy atom. The largest absolute Gasteiger partial charge is 0.444 e. The summed E-state index contributed by atoms with van der Waals surface area (Å²) in [5.74, 6) is -0.921. The fraction of sp³-hybridized carbons (Fsp3) is 0.615. The number of hydrogen-bond acceptors (Lipinski definition) is 4. The van der Waals surface area contributed by atoms with Crippen molar-refractivity contribution in [3.05, 3.63) is 12.2 Å². The van der Waals surface area contributed by atoms with Gasteiger partial charge in [0, 0.05) is 13.1 Å².